The second kappa shape index (κ2) is 5.26. The molecule has 1 aliphatic heterocycles. The van der Waals surface area contributed by atoms with Crippen molar-refractivity contribution in [3.05, 3.63) is 33.9 Å². The number of hydrogen-bond acceptors (Lipinski definition) is 5. The zero-order chi connectivity index (χ0) is 14.0. The van der Waals surface area contributed by atoms with Gasteiger partial charge in [0, 0.05) is 12.1 Å². The Bertz CT molecular complexity index is 515. The van der Waals surface area contributed by atoms with Crippen molar-refractivity contribution in [1.29, 1.82) is 0 Å². The molecule has 2 rings (SSSR count). The summed E-state index contributed by atoms with van der Waals surface area (Å²) >= 11 is 0. The topological polar surface area (TPSA) is 72.7 Å². The summed E-state index contributed by atoms with van der Waals surface area (Å²) in [6.45, 7) is 2.33. The van der Waals surface area contributed by atoms with Gasteiger partial charge in [0.2, 0.25) is 0 Å². The number of methoxy groups -OCH3 is 1. The Kier molecular flexibility index (Phi) is 3.69. The number of ether oxygens (including phenoxy) is 1. The summed E-state index contributed by atoms with van der Waals surface area (Å²) in [6, 6.07) is 4.73. The molecule has 6 nitrogen and oxygen atoms in total. The first kappa shape index (κ1) is 13.3. The molecule has 102 valence electrons. The van der Waals surface area contributed by atoms with Crippen molar-refractivity contribution < 1.29 is 14.5 Å². The molecule has 1 aromatic rings. The highest BCUT2D eigenvalue weighted by Gasteiger charge is 2.35. The minimum absolute atomic E-state index is 0.0679. The molecule has 0 spiro atoms. The highest BCUT2D eigenvalue weighted by Crippen LogP contribution is 2.35. The Morgan fingerprint density at radius 3 is 2.89 bits per heavy atom. The van der Waals surface area contributed by atoms with Crippen LogP contribution in [0.1, 0.15) is 18.4 Å². The Morgan fingerprint density at radius 2 is 2.26 bits per heavy atom. The van der Waals surface area contributed by atoms with E-state index in [0.717, 1.165) is 6.42 Å². The number of benzene rings is 1. The quantitative estimate of drug-likeness (QED) is 0.474. The fourth-order valence-electron chi connectivity index (χ4n) is 2.55. The zero-order valence-corrected chi connectivity index (χ0v) is 11.0. The van der Waals surface area contributed by atoms with Crippen LogP contribution in [0.4, 0.5) is 11.4 Å². The lowest BCUT2D eigenvalue weighted by Gasteiger charge is -2.24. The summed E-state index contributed by atoms with van der Waals surface area (Å²) in [5, 5.41) is 11.2. The molecule has 0 bridgehead atoms. The minimum Gasteiger partial charge on any atom is -0.467 e. The van der Waals surface area contributed by atoms with Crippen molar-refractivity contribution in [2.24, 2.45) is 0 Å². The Balaban J connectivity index is 2.44. The van der Waals surface area contributed by atoms with E-state index < -0.39 is 11.0 Å². The first-order valence-corrected chi connectivity index (χ1v) is 6.14. The molecule has 19 heavy (non-hydrogen) atoms. The number of carbonyl (C=O) groups excluding carboxylic acids is 1. The van der Waals surface area contributed by atoms with E-state index in [2.05, 4.69) is 0 Å². The average Bonchev–Trinajstić information content (AvgIpc) is 2.86. The van der Waals surface area contributed by atoms with E-state index in [1.165, 1.54) is 7.11 Å². The molecule has 0 amide bonds. The second-order valence-electron chi connectivity index (χ2n) is 4.57. The maximum Gasteiger partial charge on any atom is 0.328 e. The van der Waals surface area contributed by atoms with Gasteiger partial charge < -0.3 is 9.64 Å². The van der Waals surface area contributed by atoms with Gasteiger partial charge in [-0.25, -0.2) is 4.79 Å². The predicted molar refractivity (Wildman–Crippen MR) is 70.2 cm³/mol. The van der Waals surface area contributed by atoms with Crippen molar-refractivity contribution in [2.45, 2.75) is 25.8 Å². The van der Waals surface area contributed by atoms with Crippen molar-refractivity contribution in [3.63, 3.8) is 0 Å². The van der Waals surface area contributed by atoms with Crippen LogP contribution in [0.3, 0.4) is 0 Å². The van der Waals surface area contributed by atoms with E-state index in [9.17, 15) is 14.9 Å². The summed E-state index contributed by atoms with van der Waals surface area (Å²) in [4.78, 5) is 24.3. The second-order valence-corrected chi connectivity index (χ2v) is 4.57. The summed E-state index contributed by atoms with van der Waals surface area (Å²) < 4.78 is 4.77. The van der Waals surface area contributed by atoms with Gasteiger partial charge in [-0.05, 0) is 25.8 Å². The molecule has 1 unspecified atom stereocenters. The standard InChI is InChI=1S/C13H16N2O4/c1-9-5-3-6-10(12(9)15(17)18)14-8-4-7-11(14)13(16)19-2/h3,5-6,11H,4,7-8H2,1-2H3. The van der Waals surface area contributed by atoms with E-state index >= 15 is 0 Å². The van der Waals surface area contributed by atoms with Crippen LogP contribution < -0.4 is 4.90 Å². The number of anilines is 1. The fraction of sp³-hybridized carbons (Fsp3) is 0.462. The van der Waals surface area contributed by atoms with Gasteiger partial charge in [0.25, 0.3) is 5.69 Å². The first-order chi connectivity index (χ1) is 9.06. The number of nitro benzene ring substituents is 1. The summed E-state index contributed by atoms with van der Waals surface area (Å²) in [7, 11) is 1.34. The third-order valence-electron chi connectivity index (χ3n) is 3.43. The smallest absolute Gasteiger partial charge is 0.328 e. The number of esters is 1. The first-order valence-electron chi connectivity index (χ1n) is 6.14. The van der Waals surface area contributed by atoms with Crippen LogP contribution in [0.5, 0.6) is 0 Å². The lowest BCUT2D eigenvalue weighted by atomic mass is 10.1. The fourth-order valence-corrected chi connectivity index (χ4v) is 2.55. The molecule has 0 aliphatic carbocycles. The zero-order valence-electron chi connectivity index (χ0n) is 11.0. The van der Waals surface area contributed by atoms with Gasteiger partial charge >= 0.3 is 5.97 Å². The molecule has 1 heterocycles. The number of nitro groups is 1. The molecular formula is C13H16N2O4. The average molecular weight is 264 g/mol. The molecule has 0 aromatic heterocycles. The minimum atomic E-state index is -0.425. The van der Waals surface area contributed by atoms with Crippen LogP contribution in [-0.2, 0) is 9.53 Å². The van der Waals surface area contributed by atoms with Gasteiger partial charge in [-0.15, -0.1) is 0 Å². The lowest BCUT2D eigenvalue weighted by molar-refractivity contribution is -0.384. The molecule has 0 saturated carbocycles. The molecular weight excluding hydrogens is 248 g/mol. The molecule has 1 aromatic carbocycles. The van der Waals surface area contributed by atoms with Gasteiger partial charge in [-0.1, -0.05) is 12.1 Å². The highest BCUT2D eigenvalue weighted by atomic mass is 16.6. The normalized spacial score (nSPS) is 18.4. The SMILES string of the molecule is COC(=O)C1CCCN1c1cccc(C)c1[N+](=O)[O-]. The molecule has 1 atom stereocenters. The third kappa shape index (κ3) is 2.38. The van der Waals surface area contributed by atoms with Crippen LogP contribution in [0.15, 0.2) is 18.2 Å². The molecule has 1 aliphatic rings. The summed E-state index contributed by atoms with van der Waals surface area (Å²) in [6.07, 6.45) is 1.49. The number of rotatable bonds is 3. The number of para-hydroxylation sites is 1. The predicted octanol–water partition coefficient (Wildman–Crippen LogP) is 2.05. The Morgan fingerprint density at radius 1 is 1.53 bits per heavy atom. The van der Waals surface area contributed by atoms with Crippen LogP contribution in [0.2, 0.25) is 0 Å². The molecule has 6 heteroatoms. The maximum atomic E-state index is 11.7. The summed E-state index contributed by atoms with van der Waals surface area (Å²) in [5.41, 5.74) is 1.16. The number of nitrogens with zero attached hydrogens (tertiary/aromatic N) is 2. The molecule has 0 radical (unpaired) electrons. The van der Waals surface area contributed by atoms with Crippen molar-refractivity contribution in [3.8, 4) is 0 Å². The van der Waals surface area contributed by atoms with E-state index in [4.69, 9.17) is 4.74 Å². The number of hydrogen-bond donors (Lipinski definition) is 0. The molecule has 0 N–H and O–H groups in total. The van der Waals surface area contributed by atoms with Crippen LogP contribution in [0.25, 0.3) is 0 Å². The third-order valence-corrected chi connectivity index (χ3v) is 3.43. The van der Waals surface area contributed by atoms with Gasteiger partial charge in [0.15, 0.2) is 0 Å². The van der Waals surface area contributed by atoms with Crippen LogP contribution in [0, 0.1) is 17.0 Å². The number of carbonyl (C=O) groups is 1. The van der Waals surface area contributed by atoms with Gasteiger partial charge in [0.05, 0.1) is 12.0 Å². The van der Waals surface area contributed by atoms with E-state index in [-0.39, 0.29) is 11.7 Å². The van der Waals surface area contributed by atoms with Crippen molar-refractivity contribution in [2.75, 3.05) is 18.6 Å². The van der Waals surface area contributed by atoms with Gasteiger partial charge in [0.1, 0.15) is 11.7 Å². The lowest BCUT2D eigenvalue weighted by Crippen LogP contribution is -2.37. The van der Waals surface area contributed by atoms with Crippen LogP contribution in [-0.4, -0.2) is 30.6 Å². The van der Waals surface area contributed by atoms with E-state index in [1.807, 2.05) is 0 Å². The van der Waals surface area contributed by atoms with E-state index in [0.29, 0.717) is 24.2 Å². The highest BCUT2D eigenvalue weighted by molar-refractivity contribution is 5.82. The summed E-state index contributed by atoms with van der Waals surface area (Å²) in [5.74, 6) is -0.340. The van der Waals surface area contributed by atoms with Crippen molar-refractivity contribution in [1.82, 2.24) is 0 Å². The number of aryl methyl sites for hydroxylation is 1. The molecule has 1 saturated heterocycles. The Labute approximate surface area is 111 Å². The van der Waals surface area contributed by atoms with Crippen LogP contribution >= 0.6 is 0 Å². The molecule has 1 fully saturated rings. The van der Waals surface area contributed by atoms with Crippen molar-refractivity contribution >= 4 is 17.3 Å². The van der Waals surface area contributed by atoms with Gasteiger partial charge in [-0.3, -0.25) is 10.1 Å². The monoisotopic (exact) mass is 264 g/mol. The van der Waals surface area contributed by atoms with Gasteiger partial charge in [-0.2, -0.15) is 0 Å². The maximum absolute atomic E-state index is 11.7. The van der Waals surface area contributed by atoms with E-state index in [1.54, 1.807) is 30.0 Å². The largest absolute Gasteiger partial charge is 0.467 e. The Hall–Kier alpha value is -2.11.